The van der Waals surface area contributed by atoms with Crippen molar-refractivity contribution in [3.63, 3.8) is 0 Å². The molecule has 0 aromatic rings. The van der Waals surface area contributed by atoms with Crippen molar-refractivity contribution in [3.05, 3.63) is 0 Å². The molecular weight excluding hydrogens is 200 g/mol. The van der Waals surface area contributed by atoms with Gasteiger partial charge in [-0.25, -0.2) is 0 Å². The van der Waals surface area contributed by atoms with Gasteiger partial charge in [0, 0.05) is 26.4 Å². The van der Waals surface area contributed by atoms with Crippen LogP contribution in [-0.4, -0.2) is 26.4 Å². The third-order valence-corrected chi connectivity index (χ3v) is 2.15. The smallest absolute Gasteiger partial charge is 0.381 e. The summed E-state index contributed by atoms with van der Waals surface area (Å²) >= 11 is 0. The largest absolute Gasteiger partial charge is 2.00 e. The summed E-state index contributed by atoms with van der Waals surface area (Å²) in [4.78, 5) is 0. The van der Waals surface area contributed by atoms with E-state index in [1.807, 2.05) is 0 Å². The van der Waals surface area contributed by atoms with Crippen molar-refractivity contribution in [2.45, 2.75) is 38.5 Å². The number of rotatable bonds is 0. The van der Waals surface area contributed by atoms with Gasteiger partial charge in [0.25, 0.3) is 0 Å². The summed E-state index contributed by atoms with van der Waals surface area (Å²) in [5, 5.41) is 0. The summed E-state index contributed by atoms with van der Waals surface area (Å²) in [5.74, 6) is 0. The van der Waals surface area contributed by atoms with Crippen LogP contribution in [0.3, 0.4) is 0 Å². The molecule has 2 rings (SSSR count). The van der Waals surface area contributed by atoms with E-state index in [1.54, 1.807) is 0 Å². The molecule has 0 aromatic heterocycles. The molecule has 2 aliphatic rings. The molecule has 0 amide bonds. The maximum Gasteiger partial charge on any atom is 2.00 e. The molecule has 74 valence electrons. The molecule has 0 radical (unpaired) electrons. The molecule has 0 atom stereocenters. The predicted molar refractivity (Wildman–Crippen MR) is 49.3 cm³/mol. The Morgan fingerprint density at radius 1 is 0.462 bits per heavy atom. The molecule has 0 unspecified atom stereocenters. The van der Waals surface area contributed by atoms with E-state index in [4.69, 9.17) is 9.47 Å². The first-order valence-corrected chi connectivity index (χ1v) is 5.15. The average molecular weight is 220 g/mol. The zero-order chi connectivity index (χ0) is 8.49. The second-order valence-corrected chi connectivity index (χ2v) is 3.35. The molecule has 2 saturated heterocycles. The van der Waals surface area contributed by atoms with Crippen LogP contribution in [0.5, 0.6) is 0 Å². The van der Waals surface area contributed by atoms with Gasteiger partial charge >= 0.3 is 21.7 Å². The topological polar surface area (TPSA) is 18.5 Å². The van der Waals surface area contributed by atoms with Crippen molar-refractivity contribution < 1.29 is 31.2 Å². The summed E-state index contributed by atoms with van der Waals surface area (Å²) in [5.41, 5.74) is 0. The predicted octanol–water partition coefficient (Wildman–Crippen LogP) is 2.37. The van der Waals surface area contributed by atoms with Gasteiger partial charge in [-0.15, -0.1) is 0 Å². The summed E-state index contributed by atoms with van der Waals surface area (Å²) in [6, 6.07) is 0. The Balaban J connectivity index is 0.000000206. The van der Waals surface area contributed by atoms with Crippen molar-refractivity contribution in [1.82, 2.24) is 0 Å². The van der Waals surface area contributed by atoms with Gasteiger partial charge in [0.15, 0.2) is 0 Å². The molecule has 2 heterocycles. The first-order chi connectivity index (χ1) is 6.00. The maximum absolute atomic E-state index is 5.07. The number of ether oxygens (including phenoxy) is 2. The fourth-order valence-electron chi connectivity index (χ4n) is 1.37. The molecule has 0 N–H and O–H groups in total. The maximum atomic E-state index is 5.07. The molecule has 2 fully saturated rings. The van der Waals surface area contributed by atoms with Crippen LogP contribution in [0.1, 0.15) is 38.5 Å². The van der Waals surface area contributed by atoms with Gasteiger partial charge in [-0.1, -0.05) is 0 Å². The standard InChI is InChI=1S/2C5H10O.Ti/c2*1-2-4-6-5-3-1;/h2*1-5H2;/q;;+2. The summed E-state index contributed by atoms with van der Waals surface area (Å²) in [7, 11) is 0. The fourth-order valence-corrected chi connectivity index (χ4v) is 1.37. The summed E-state index contributed by atoms with van der Waals surface area (Å²) in [6.07, 6.45) is 7.86. The van der Waals surface area contributed by atoms with E-state index in [0.717, 1.165) is 26.4 Å². The normalized spacial score (nSPS) is 22.2. The van der Waals surface area contributed by atoms with Gasteiger partial charge in [-0.3, -0.25) is 0 Å². The van der Waals surface area contributed by atoms with Gasteiger partial charge in [0.2, 0.25) is 0 Å². The molecule has 0 aliphatic carbocycles. The minimum atomic E-state index is 0. The molecule has 3 heteroatoms. The van der Waals surface area contributed by atoms with E-state index in [-0.39, 0.29) is 21.7 Å². The molecule has 0 spiro atoms. The summed E-state index contributed by atoms with van der Waals surface area (Å²) in [6.45, 7) is 4.00. The van der Waals surface area contributed by atoms with Crippen molar-refractivity contribution in [2.24, 2.45) is 0 Å². The third kappa shape index (κ3) is 8.95. The zero-order valence-corrected chi connectivity index (χ0v) is 9.95. The molecule has 0 saturated carbocycles. The molecule has 2 aliphatic heterocycles. The molecule has 13 heavy (non-hydrogen) atoms. The van der Waals surface area contributed by atoms with Crippen molar-refractivity contribution in [1.29, 1.82) is 0 Å². The fraction of sp³-hybridized carbons (Fsp3) is 1.00. The van der Waals surface area contributed by atoms with Crippen LogP contribution in [0.15, 0.2) is 0 Å². The van der Waals surface area contributed by atoms with E-state index < -0.39 is 0 Å². The minimum absolute atomic E-state index is 0. The van der Waals surface area contributed by atoms with E-state index in [0.29, 0.717) is 0 Å². The van der Waals surface area contributed by atoms with Crippen LogP contribution in [0.25, 0.3) is 0 Å². The molecule has 2 nitrogen and oxygen atoms in total. The van der Waals surface area contributed by atoms with Crippen LogP contribution in [-0.2, 0) is 31.2 Å². The Bertz CT molecular complexity index is 55.9. The SMILES string of the molecule is C1CCOCC1.C1CCOCC1.[Ti+2]. The first kappa shape index (κ1) is 13.6. The second kappa shape index (κ2) is 10.7. The second-order valence-electron chi connectivity index (χ2n) is 3.35. The quantitative estimate of drug-likeness (QED) is 0.583. The molecular formula is C10H20O2Ti+2. The number of hydrogen-bond donors (Lipinski definition) is 0. The molecule has 0 bridgehead atoms. The minimum Gasteiger partial charge on any atom is -0.381 e. The van der Waals surface area contributed by atoms with Crippen LogP contribution in [0.4, 0.5) is 0 Å². The van der Waals surface area contributed by atoms with E-state index in [9.17, 15) is 0 Å². The Morgan fingerprint density at radius 3 is 0.846 bits per heavy atom. The van der Waals surface area contributed by atoms with Gasteiger partial charge in [-0.05, 0) is 38.5 Å². The average Bonchev–Trinajstić information content (AvgIpc) is 2.24. The van der Waals surface area contributed by atoms with Gasteiger partial charge in [-0.2, -0.15) is 0 Å². The third-order valence-electron chi connectivity index (χ3n) is 2.15. The van der Waals surface area contributed by atoms with Crippen molar-refractivity contribution in [2.75, 3.05) is 26.4 Å². The van der Waals surface area contributed by atoms with Gasteiger partial charge in [0.05, 0.1) is 0 Å². The van der Waals surface area contributed by atoms with Gasteiger partial charge in [0.1, 0.15) is 0 Å². The Kier molecular flexibility index (Phi) is 11.2. The van der Waals surface area contributed by atoms with E-state index in [1.165, 1.54) is 38.5 Å². The van der Waals surface area contributed by atoms with Crippen molar-refractivity contribution in [3.8, 4) is 0 Å². The van der Waals surface area contributed by atoms with E-state index in [2.05, 4.69) is 0 Å². The molecule has 0 aromatic carbocycles. The summed E-state index contributed by atoms with van der Waals surface area (Å²) < 4.78 is 10.1. The zero-order valence-electron chi connectivity index (χ0n) is 8.39. The Labute approximate surface area is 96.3 Å². The van der Waals surface area contributed by atoms with Gasteiger partial charge < -0.3 is 9.47 Å². The monoisotopic (exact) mass is 220 g/mol. The Morgan fingerprint density at radius 2 is 0.769 bits per heavy atom. The van der Waals surface area contributed by atoms with Crippen molar-refractivity contribution >= 4 is 0 Å². The Hall–Kier alpha value is 0.634. The van der Waals surface area contributed by atoms with Crippen LogP contribution < -0.4 is 0 Å². The van der Waals surface area contributed by atoms with Crippen LogP contribution in [0, 0.1) is 0 Å². The number of hydrogen-bond acceptors (Lipinski definition) is 2. The first-order valence-electron chi connectivity index (χ1n) is 5.15. The van der Waals surface area contributed by atoms with E-state index >= 15 is 0 Å². The van der Waals surface area contributed by atoms with Crippen LogP contribution in [0.2, 0.25) is 0 Å². The van der Waals surface area contributed by atoms with Crippen LogP contribution >= 0.6 is 0 Å².